The largest absolute Gasteiger partial charge is 0.500 e. The molecular weight excluding hydrogens is 456 g/mol. The number of hydrogen-bond donors (Lipinski definition) is 0. The molecule has 0 spiro atoms. The van der Waals surface area contributed by atoms with E-state index in [0.29, 0.717) is 38.3 Å². The van der Waals surface area contributed by atoms with E-state index in [4.69, 9.17) is 22.8 Å². The molecule has 0 amide bonds. The molecule has 2 saturated carbocycles. The minimum absolute atomic E-state index is 0.410. The number of benzene rings is 1. The lowest BCUT2D eigenvalue weighted by Crippen LogP contribution is -2.55. The Morgan fingerprint density at radius 2 is 1.40 bits per heavy atom. The Bertz CT molecular complexity index is 737. The first-order chi connectivity index (χ1) is 17.1. The van der Waals surface area contributed by atoms with Crippen molar-refractivity contribution in [1.29, 1.82) is 0 Å². The zero-order chi connectivity index (χ0) is 24.6. The summed E-state index contributed by atoms with van der Waals surface area (Å²) in [7, 11) is -2.59. The third kappa shape index (κ3) is 6.51. The van der Waals surface area contributed by atoms with Gasteiger partial charge in [-0.3, -0.25) is 0 Å². The van der Waals surface area contributed by atoms with Gasteiger partial charge in [0, 0.05) is 43.3 Å². The van der Waals surface area contributed by atoms with Crippen LogP contribution in [0.15, 0.2) is 18.2 Å². The molecule has 35 heavy (non-hydrogen) atoms. The van der Waals surface area contributed by atoms with Gasteiger partial charge >= 0.3 is 8.80 Å². The van der Waals surface area contributed by atoms with E-state index < -0.39 is 14.6 Å². The van der Waals surface area contributed by atoms with Crippen LogP contribution in [-0.2, 0) is 31.0 Å². The van der Waals surface area contributed by atoms with E-state index >= 15 is 0 Å². The van der Waals surface area contributed by atoms with Gasteiger partial charge in [-0.2, -0.15) is 0 Å². The number of fused-ring (bicyclic) bond motifs is 1. The average Bonchev–Trinajstić information content (AvgIpc) is 2.90. The van der Waals surface area contributed by atoms with Gasteiger partial charge in [0.05, 0.1) is 6.61 Å². The van der Waals surface area contributed by atoms with Gasteiger partial charge < -0.3 is 22.8 Å². The van der Waals surface area contributed by atoms with Gasteiger partial charge in [-0.15, -0.1) is 0 Å². The van der Waals surface area contributed by atoms with Gasteiger partial charge in [0.2, 0.25) is 5.79 Å². The smallest absolute Gasteiger partial charge is 0.461 e. The van der Waals surface area contributed by atoms with Crippen LogP contribution >= 0.6 is 0 Å². The third-order valence-electron chi connectivity index (χ3n) is 8.24. The average molecular weight is 505 g/mol. The first-order valence-electron chi connectivity index (χ1n) is 14.5. The van der Waals surface area contributed by atoms with E-state index in [1.54, 1.807) is 0 Å². The Labute approximate surface area is 214 Å². The van der Waals surface area contributed by atoms with Crippen molar-refractivity contribution in [2.45, 2.75) is 116 Å². The molecule has 0 atom stereocenters. The molecule has 0 saturated heterocycles. The molecule has 3 aliphatic rings. The summed E-state index contributed by atoms with van der Waals surface area (Å²) in [5.41, 5.74) is 2.53. The van der Waals surface area contributed by atoms with Crippen molar-refractivity contribution in [3.63, 3.8) is 0 Å². The van der Waals surface area contributed by atoms with Gasteiger partial charge in [-0.25, -0.2) is 0 Å². The summed E-state index contributed by atoms with van der Waals surface area (Å²) in [6.07, 6.45) is 14.9. The molecule has 0 N–H and O–H groups in total. The SMILES string of the molecule is CCO[Si](CCCc1ccc2c(c1)COC(C1CCCCC1)(C1CCCCC1)O2)(OCC)OCC. The normalized spacial score (nSPS) is 21.5. The first-order valence-corrected chi connectivity index (χ1v) is 16.4. The van der Waals surface area contributed by atoms with Crippen LogP contribution in [0.3, 0.4) is 0 Å². The van der Waals surface area contributed by atoms with E-state index in [2.05, 4.69) is 18.2 Å². The topological polar surface area (TPSA) is 46.2 Å². The standard InChI is InChI=1S/C29H48O5Si/c1-4-31-35(32-5-2,33-6-3)21-13-14-24-19-20-28-25(22-24)23-30-29(34-28,26-15-9-7-10-16-26)27-17-11-8-12-18-27/h19-20,22,26-27H,4-18,21,23H2,1-3H3. The number of ether oxygens (including phenoxy) is 2. The fourth-order valence-corrected chi connectivity index (χ4v) is 9.26. The maximum atomic E-state index is 6.93. The maximum Gasteiger partial charge on any atom is 0.500 e. The number of aryl methyl sites for hydroxylation is 1. The highest BCUT2D eigenvalue weighted by Gasteiger charge is 2.51. The second-order valence-electron chi connectivity index (χ2n) is 10.6. The predicted molar refractivity (Wildman–Crippen MR) is 141 cm³/mol. The van der Waals surface area contributed by atoms with Gasteiger partial charge in [0.25, 0.3) is 0 Å². The molecule has 0 unspecified atom stereocenters. The van der Waals surface area contributed by atoms with Gasteiger partial charge in [-0.1, -0.05) is 44.6 Å². The van der Waals surface area contributed by atoms with Crippen LogP contribution in [0, 0.1) is 11.8 Å². The first kappa shape index (κ1) is 27.1. The summed E-state index contributed by atoms with van der Waals surface area (Å²) in [4.78, 5) is 0. The molecule has 1 aliphatic heterocycles. The van der Waals surface area contributed by atoms with E-state index in [0.717, 1.165) is 24.6 Å². The van der Waals surface area contributed by atoms with Crippen LogP contribution < -0.4 is 4.74 Å². The minimum atomic E-state index is -2.59. The van der Waals surface area contributed by atoms with Crippen LogP contribution in [0.5, 0.6) is 5.75 Å². The quantitative estimate of drug-likeness (QED) is 0.277. The molecule has 0 bridgehead atoms. The molecule has 5 nitrogen and oxygen atoms in total. The number of rotatable bonds is 12. The second kappa shape index (κ2) is 13.0. The molecule has 1 aromatic rings. The molecule has 0 aromatic heterocycles. The van der Waals surface area contributed by atoms with Crippen molar-refractivity contribution < 1.29 is 22.8 Å². The molecule has 2 aliphatic carbocycles. The minimum Gasteiger partial charge on any atom is -0.461 e. The van der Waals surface area contributed by atoms with Crippen molar-refractivity contribution in [2.24, 2.45) is 11.8 Å². The summed E-state index contributed by atoms with van der Waals surface area (Å²) < 4.78 is 31.8. The van der Waals surface area contributed by atoms with Crippen molar-refractivity contribution in [3.05, 3.63) is 29.3 Å². The number of hydrogen-bond acceptors (Lipinski definition) is 5. The fraction of sp³-hybridized carbons (Fsp3) is 0.793. The highest BCUT2D eigenvalue weighted by atomic mass is 28.4. The van der Waals surface area contributed by atoms with Crippen molar-refractivity contribution in [3.8, 4) is 5.75 Å². The maximum absolute atomic E-state index is 6.93. The summed E-state index contributed by atoms with van der Waals surface area (Å²) in [6, 6.07) is 7.61. The van der Waals surface area contributed by atoms with E-state index in [1.165, 1.54) is 75.3 Å². The van der Waals surface area contributed by atoms with E-state index in [9.17, 15) is 0 Å². The Kier molecular flexibility index (Phi) is 10.1. The Morgan fingerprint density at radius 1 is 0.829 bits per heavy atom. The summed E-state index contributed by atoms with van der Waals surface area (Å²) in [5, 5.41) is 0. The van der Waals surface area contributed by atoms with Crippen LogP contribution in [0.1, 0.15) is 103 Å². The van der Waals surface area contributed by atoms with Gasteiger partial charge in [0.1, 0.15) is 5.75 Å². The molecule has 1 aromatic carbocycles. The monoisotopic (exact) mass is 504 g/mol. The Balaban J connectivity index is 1.44. The molecule has 1 heterocycles. The lowest BCUT2D eigenvalue weighted by molar-refractivity contribution is -0.278. The molecule has 4 rings (SSSR count). The van der Waals surface area contributed by atoms with E-state index in [1.807, 2.05) is 20.8 Å². The Morgan fingerprint density at radius 3 is 1.94 bits per heavy atom. The molecule has 2 fully saturated rings. The summed E-state index contributed by atoms with van der Waals surface area (Å²) >= 11 is 0. The van der Waals surface area contributed by atoms with Crippen molar-refractivity contribution in [1.82, 2.24) is 0 Å². The van der Waals surface area contributed by atoms with Crippen LogP contribution in [0.2, 0.25) is 6.04 Å². The highest BCUT2D eigenvalue weighted by molar-refractivity contribution is 6.60. The van der Waals surface area contributed by atoms with Crippen molar-refractivity contribution in [2.75, 3.05) is 19.8 Å². The van der Waals surface area contributed by atoms with Gasteiger partial charge in [-0.05, 0) is 77.0 Å². The zero-order valence-corrected chi connectivity index (χ0v) is 23.4. The molecule has 198 valence electrons. The fourth-order valence-electron chi connectivity index (χ4n) is 6.65. The molecular formula is C29H48O5Si. The predicted octanol–water partition coefficient (Wildman–Crippen LogP) is 7.43. The second-order valence-corrected chi connectivity index (χ2v) is 13.3. The Hall–Kier alpha value is -0.923. The summed E-state index contributed by atoms with van der Waals surface area (Å²) in [6.45, 7) is 8.61. The van der Waals surface area contributed by atoms with Crippen LogP contribution in [-0.4, -0.2) is 34.4 Å². The summed E-state index contributed by atoms with van der Waals surface area (Å²) in [5.74, 6) is 1.70. The van der Waals surface area contributed by atoms with Crippen molar-refractivity contribution >= 4 is 8.80 Å². The zero-order valence-electron chi connectivity index (χ0n) is 22.4. The molecule has 0 radical (unpaired) electrons. The molecule has 6 heteroatoms. The lowest BCUT2D eigenvalue weighted by atomic mass is 9.72. The highest BCUT2D eigenvalue weighted by Crippen LogP contribution is 2.49. The van der Waals surface area contributed by atoms with Crippen LogP contribution in [0.25, 0.3) is 0 Å². The third-order valence-corrected chi connectivity index (χ3v) is 11.4. The van der Waals surface area contributed by atoms with Crippen LogP contribution in [0.4, 0.5) is 0 Å². The lowest BCUT2D eigenvalue weighted by Gasteiger charge is -2.50. The van der Waals surface area contributed by atoms with Gasteiger partial charge in [0.15, 0.2) is 0 Å². The van der Waals surface area contributed by atoms with E-state index in [-0.39, 0.29) is 0 Å².